The second kappa shape index (κ2) is 5.74. The highest BCUT2D eigenvalue weighted by Crippen LogP contribution is 2.11. The SMILES string of the molecule is CCS(=O)(=O)c1ccc(/C=N\NC(N)=S)cc1. The lowest BCUT2D eigenvalue weighted by atomic mass is 10.2. The summed E-state index contributed by atoms with van der Waals surface area (Å²) in [4.78, 5) is 0.305. The zero-order chi connectivity index (χ0) is 12.9. The summed E-state index contributed by atoms with van der Waals surface area (Å²) in [7, 11) is -3.15. The second-order valence-corrected chi connectivity index (χ2v) is 5.92. The molecule has 3 N–H and O–H groups in total. The topological polar surface area (TPSA) is 84.5 Å². The summed E-state index contributed by atoms with van der Waals surface area (Å²) in [5.74, 6) is 0.0867. The Morgan fingerprint density at radius 2 is 2.06 bits per heavy atom. The van der Waals surface area contributed by atoms with Gasteiger partial charge in [-0.15, -0.1) is 0 Å². The van der Waals surface area contributed by atoms with Crippen LogP contribution in [0.25, 0.3) is 0 Å². The summed E-state index contributed by atoms with van der Waals surface area (Å²) in [6, 6.07) is 6.41. The molecule has 0 aliphatic heterocycles. The van der Waals surface area contributed by atoms with Crippen LogP contribution in [0.3, 0.4) is 0 Å². The van der Waals surface area contributed by atoms with Gasteiger partial charge in [0.2, 0.25) is 0 Å². The van der Waals surface area contributed by atoms with Crippen LogP contribution in [-0.2, 0) is 9.84 Å². The van der Waals surface area contributed by atoms with E-state index in [2.05, 4.69) is 22.7 Å². The molecule has 92 valence electrons. The highest BCUT2D eigenvalue weighted by atomic mass is 32.2. The molecule has 0 aliphatic carbocycles. The highest BCUT2D eigenvalue weighted by molar-refractivity contribution is 7.91. The van der Waals surface area contributed by atoms with Crippen molar-refractivity contribution in [1.82, 2.24) is 5.43 Å². The van der Waals surface area contributed by atoms with Crippen LogP contribution in [0.5, 0.6) is 0 Å². The largest absolute Gasteiger partial charge is 0.375 e. The van der Waals surface area contributed by atoms with E-state index < -0.39 is 9.84 Å². The second-order valence-electron chi connectivity index (χ2n) is 3.21. The van der Waals surface area contributed by atoms with E-state index >= 15 is 0 Å². The van der Waals surface area contributed by atoms with Gasteiger partial charge in [0.05, 0.1) is 16.9 Å². The van der Waals surface area contributed by atoms with Crippen LogP contribution in [-0.4, -0.2) is 25.5 Å². The maximum atomic E-state index is 11.5. The number of nitrogens with zero attached hydrogens (tertiary/aromatic N) is 1. The van der Waals surface area contributed by atoms with Crippen LogP contribution in [0, 0.1) is 0 Å². The Hall–Kier alpha value is -1.47. The minimum absolute atomic E-state index is 0.0754. The normalized spacial score (nSPS) is 11.6. The Morgan fingerprint density at radius 1 is 1.47 bits per heavy atom. The molecule has 17 heavy (non-hydrogen) atoms. The molecule has 0 atom stereocenters. The summed E-state index contributed by atoms with van der Waals surface area (Å²) >= 11 is 4.57. The van der Waals surface area contributed by atoms with Gasteiger partial charge in [0.15, 0.2) is 14.9 Å². The molecular weight excluding hydrogens is 258 g/mol. The molecule has 0 fully saturated rings. The third-order valence-electron chi connectivity index (χ3n) is 2.01. The smallest absolute Gasteiger partial charge is 0.184 e. The number of nitrogens with two attached hydrogens (primary N) is 1. The molecule has 0 heterocycles. The van der Waals surface area contributed by atoms with E-state index in [0.717, 1.165) is 5.56 Å². The van der Waals surface area contributed by atoms with Crippen molar-refractivity contribution in [2.45, 2.75) is 11.8 Å². The lowest BCUT2D eigenvalue weighted by Gasteiger charge is -2.01. The number of hydrazone groups is 1. The molecule has 0 bridgehead atoms. The Kier molecular flexibility index (Phi) is 4.59. The van der Waals surface area contributed by atoms with Gasteiger partial charge in [0.1, 0.15) is 0 Å². The fourth-order valence-corrected chi connectivity index (χ4v) is 2.04. The molecule has 5 nitrogen and oxygen atoms in total. The average molecular weight is 271 g/mol. The number of hydrogen-bond donors (Lipinski definition) is 2. The Bertz CT molecular complexity index is 521. The van der Waals surface area contributed by atoms with Crippen molar-refractivity contribution < 1.29 is 8.42 Å². The van der Waals surface area contributed by atoms with Gasteiger partial charge in [0, 0.05) is 0 Å². The molecule has 0 aliphatic rings. The van der Waals surface area contributed by atoms with E-state index in [9.17, 15) is 8.42 Å². The maximum absolute atomic E-state index is 11.5. The van der Waals surface area contributed by atoms with E-state index in [4.69, 9.17) is 5.73 Å². The lowest BCUT2D eigenvalue weighted by Crippen LogP contribution is -2.23. The van der Waals surface area contributed by atoms with Crippen molar-refractivity contribution >= 4 is 33.4 Å². The predicted molar refractivity (Wildman–Crippen MR) is 71.7 cm³/mol. The van der Waals surface area contributed by atoms with Crippen molar-refractivity contribution in [3.63, 3.8) is 0 Å². The standard InChI is InChI=1S/C10H13N3O2S2/c1-2-17(14,15)9-5-3-8(4-6-9)7-12-13-10(11)16/h3-7H,2H2,1H3,(H3,11,13,16)/b12-7-. The van der Waals surface area contributed by atoms with Crippen molar-refractivity contribution in [3.05, 3.63) is 29.8 Å². The number of thiocarbonyl (C=S) groups is 1. The molecule has 1 aromatic carbocycles. The molecule has 0 spiro atoms. The number of nitrogens with one attached hydrogen (secondary N) is 1. The molecular formula is C10H13N3O2S2. The van der Waals surface area contributed by atoms with E-state index in [1.54, 1.807) is 31.2 Å². The minimum Gasteiger partial charge on any atom is -0.375 e. The first-order valence-corrected chi connectivity index (χ1v) is 6.93. The molecule has 0 saturated heterocycles. The van der Waals surface area contributed by atoms with Crippen molar-refractivity contribution in [1.29, 1.82) is 0 Å². The third kappa shape index (κ3) is 4.12. The first kappa shape index (κ1) is 13.6. The predicted octanol–water partition coefficient (Wildman–Crippen LogP) is 0.647. The van der Waals surface area contributed by atoms with Crippen LogP contribution in [0.4, 0.5) is 0 Å². The fraction of sp³-hybridized carbons (Fsp3) is 0.200. The molecule has 0 amide bonds. The van der Waals surface area contributed by atoms with E-state index in [-0.39, 0.29) is 10.9 Å². The summed E-state index contributed by atoms with van der Waals surface area (Å²) in [5, 5.41) is 3.84. The molecule has 1 aromatic rings. The zero-order valence-corrected chi connectivity index (χ0v) is 10.9. The van der Waals surface area contributed by atoms with Gasteiger partial charge in [0.25, 0.3) is 0 Å². The van der Waals surface area contributed by atoms with E-state index in [1.807, 2.05) is 0 Å². The van der Waals surface area contributed by atoms with Gasteiger partial charge in [-0.1, -0.05) is 19.1 Å². The lowest BCUT2D eigenvalue weighted by molar-refractivity contribution is 0.597. The van der Waals surface area contributed by atoms with Gasteiger partial charge in [-0.2, -0.15) is 5.10 Å². The summed E-state index contributed by atoms with van der Waals surface area (Å²) < 4.78 is 23.1. The highest BCUT2D eigenvalue weighted by Gasteiger charge is 2.10. The minimum atomic E-state index is -3.15. The van der Waals surface area contributed by atoms with Crippen molar-refractivity contribution in [2.75, 3.05) is 5.75 Å². The Morgan fingerprint density at radius 3 is 2.53 bits per heavy atom. The van der Waals surface area contributed by atoms with Gasteiger partial charge in [-0.3, -0.25) is 5.43 Å². The Labute approximate surface area is 106 Å². The Balaban J connectivity index is 2.82. The maximum Gasteiger partial charge on any atom is 0.184 e. The summed E-state index contributed by atoms with van der Waals surface area (Å²) in [6.45, 7) is 1.61. The molecule has 0 saturated carbocycles. The van der Waals surface area contributed by atoms with Crippen LogP contribution in [0.1, 0.15) is 12.5 Å². The first-order chi connectivity index (χ1) is 7.95. The van der Waals surface area contributed by atoms with Crippen LogP contribution >= 0.6 is 12.2 Å². The number of benzene rings is 1. The van der Waals surface area contributed by atoms with Crippen LogP contribution < -0.4 is 11.2 Å². The summed E-state index contributed by atoms with van der Waals surface area (Å²) in [6.07, 6.45) is 1.50. The van der Waals surface area contributed by atoms with Crippen molar-refractivity contribution in [2.24, 2.45) is 10.8 Å². The molecule has 0 aromatic heterocycles. The zero-order valence-electron chi connectivity index (χ0n) is 9.25. The van der Waals surface area contributed by atoms with Crippen molar-refractivity contribution in [3.8, 4) is 0 Å². The molecule has 1 rings (SSSR count). The monoisotopic (exact) mass is 271 g/mol. The molecule has 0 radical (unpaired) electrons. The summed E-state index contributed by atoms with van der Waals surface area (Å²) in [5.41, 5.74) is 8.35. The van der Waals surface area contributed by atoms with E-state index in [0.29, 0.717) is 4.90 Å². The van der Waals surface area contributed by atoms with Gasteiger partial charge in [-0.05, 0) is 29.9 Å². The molecule has 0 unspecified atom stereocenters. The van der Waals surface area contributed by atoms with Gasteiger partial charge in [-0.25, -0.2) is 8.42 Å². The first-order valence-electron chi connectivity index (χ1n) is 4.87. The van der Waals surface area contributed by atoms with E-state index in [1.165, 1.54) is 6.21 Å². The fourth-order valence-electron chi connectivity index (χ4n) is 1.10. The quantitative estimate of drug-likeness (QED) is 0.477. The number of rotatable bonds is 4. The van der Waals surface area contributed by atoms with Gasteiger partial charge >= 0.3 is 0 Å². The number of hydrogen-bond acceptors (Lipinski definition) is 4. The van der Waals surface area contributed by atoms with Crippen LogP contribution in [0.2, 0.25) is 0 Å². The average Bonchev–Trinajstić information content (AvgIpc) is 2.29. The number of sulfone groups is 1. The van der Waals surface area contributed by atoms with Gasteiger partial charge < -0.3 is 5.73 Å². The van der Waals surface area contributed by atoms with Crippen LogP contribution in [0.15, 0.2) is 34.3 Å². The molecule has 7 heteroatoms. The third-order valence-corrected chi connectivity index (χ3v) is 3.85.